The van der Waals surface area contributed by atoms with Crippen LogP contribution in [0.4, 0.5) is 0 Å². The summed E-state index contributed by atoms with van der Waals surface area (Å²) < 4.78 is 0. The van der Waals surface area contributed by atoms with E-state index in [2.05, 4.69) is 19.6 Å². The van der Waals surface area contributed by atoms with Crippen molar-refractivity contribution in [2.45, 2.75) is 103 Å². The number of unbranched alkanes of at least 4 members (excludes halogenated alkanes) is 11. The molecule has 1 nitrogen and oxygen atoms in total. The van der Waals surface area contributed by atoms with Gasteiger partial charge in [-0.05, 0) is 25.7 Å². The average Bonchev–Trinajstić information content (AvgIpc) is 2.52. The summed E-state index contributed by atoms with van der Waals surface area (Å²) in [6.45, 7) is 5.91. The van der Waals surface area contributed by atoms with Gasteiger partial charge in [0.25, 0.3) is 0 Å². The van der Waals surface area contributed by atoms with Gasteiger partial charge in [-0.15, -0.1) is 0 Å². The molecule has 0 aromatic heterocycles. The van der Waals surface area contributed by atoms with Crippen LogP contribution in [0, 0.1) is 0 Å². The maximum absolute atomic E-state index is 11.8. The van der Waals surface area contributed by atoms with Gasteiger partial charge in [0, 0.05) is 12.8 Å². The third kappa shape index (κ3) is 17.2. The Morgan fingerprint density at radius 1 is 0.773 bits per heavy atom. The molecular weight excluding hydrogens is 268 g/mol. The van der Waals surface area contributed by atoms with Crippen molar-refractivity contribution in [3.8, 4) is 0 Å². The van der Waals surface area contributed by atoms with Crippen LogP contribution < -0.4 is 0 Å². The number of ketones is 1. The van der Waals surface area contributed by atoms with Crippen molar-refractivity contribution in [3.05, 3.63) is 24.8 Å². The Kier molecular flexibility index (Phi) is 17.5. The van der Waals surface area contributed by atoms with Gasteiger partial charge in [0.15, 0.2) is 0 Å². The van der Waals surface area contributed by atoms with Crippen molar-refractivity contribution in [1.82, 2.24) is 0 Å². The fourth-order valence-corrected chi connectivity index (χ4v) is 2.71. The van der Waals surface area contributed by atoms with Gasteiger partial charge in [0.05, 0.1) is 0 Å². The van der Waals surface area contributed by atoms with Crippen molar-refractivity contribution >= 4 is 5.78 Å². The van der Waals surface area contributed by atoms with Crippen molar-refractivity contribution in [1.29, 1.82) is 0 Å². The number of Topliss-reactive ketones (excluding diaryl/α,β-unsaturated/α-hetero) is 1. The molecule has 128 valence electrons. The second-order valence-electron chi connectivity index (χ2n) is 6.38. The van der Waals surface area contributed by atoms with Gasteiger partial charge in [-0.1, -0.05) is 89.5 Å². The van der Waals surface area contributed by atoms with Gasteiger partial charge < -0.3 is 0 Å². The monoisotopic (exact) mass is 306 g/mol. The smallest absolute Gasteiger partial charge is 0.132 e. The molecule has 0 aromatic rings. The zero-order valence-corrected chi connectivity index (χ0v) is 15.0. The Morgan fingerprint density at radius 2 is 1.27 bits per heavy atom. The highest BCUT2D eigenvalue weighted by Gasteiger charge is 2.01. The molecule has 0 unspecified atom stereocenters. The predicted molar refractivity (Wildman–Crippen MR) is 99.3 cm³/mol. The quantitative estimate of drug-likeness (QED) is 0.206. The maximum Gasteiger partial charge on any atom is 0.132 e. The highest BCUT2D eigenvalue weighted by molar-refractivity contribution is 5.78. The molecule has 0 saturated heterocycles. The molecule has 1 heteroatoms. The zero-order chi connectivity index (χ0) is 16.3. The van der Waals surface area contributed by atoms with Crippen LogP contribution in [0.25, 0.3) is 0 Å². The summed E-state index contributed by atoms with van der Waals surface area (Å²) >= 11 is 0. The van der Waals surface area contributed by atoms with Crippen LogP contribution in [0.5, 0.6) is 0 Å². The van der Waals surface area contributed by atoms with E-state index in [4.69, 9.17) is 0 Å². The lowest BCUT2D eigenvalue weighted by molar-refractivity contribution is -0.119. The van der Waals surface area contributed by atoms with Crippen LogP contribution >= 0.6 is 0 Å². The van der Waals surface area contributed by atoms with Crippen LogP contribution in [-0.2, 0) is 4.79 Å². The van der Waals surface area contributed by atoms with E-state index in [0.717, 1.165) is 32.1 Å². The lowest BCUT2D eigenvalue weighted by atomic mass is 10.0. The minimum Gasteiger partial charge on any atom is -0.300 e. The summed E-state index contributed by atoms with van der Waals surface area (Å²) in [4.78, 5) is 11.8. The Bertz CT molecular complexity index is 278. The van der Waals surface area contributed by atoms with Gasteiger partial charge in [-0.25, -0.2) is 0 Å². The van der Waals surface area contributed by atoms with E-state index >= 15 is 0 Å². The summed E-state index contributed by atoms with van der Waals surface area (Å²) in [5.41, 5.74) is 0. The molecule has 0 aromatic carbocycles. The van der Waals surface area contributed by atoms with Crippen LogP contribution in [-0.4, -0.2) is 5.78 Å². The van der Waals surface area contributed by atoms with Crippen LogP contribution in [0.2, 0.25) is 0 Å². The molecule has 0 atom stereocenters. The molecule has 0 N–H and O–H groups in total. The summed E-state index contributed by atoms with van der Waals surface area (Å²) in [6.07, 6.45) is 24.0. The first-order chi connectivity index (χ1) is 10.8. The third-order valence-electron chi connectivity index (χ3n) is 4.16. The number of rotatable bonds is 17. The van der Waals surface area contributed by atoms with Crippen molar-refractivity contribution in [3.63, 3.8) is 0 Å². The van der Waals surface area contributed by atoms with E-state index < -0.39 is 0 Å². The zero-order valence-electron chi connectivity index (χ0n) is 15.0. The second kappa shape index (κ2) is 18.2. The van der Waals surface area contributed by atoms with Gasteiger partial charge in [0.2, 0.25) is 0 Å². The van der Waals surface area contributed by atoms with Gasteiger partial charge >= 0.3 is 0 Å². The SMILES string of the molecule is C=CC=CCCCCCCC(=O)CCCCCCCCCC. The molecule has 0 bridgehead atoms. The molecule has 0 spiro atoms. The van der Waals surface area contributed by atoms with E-state index in [9.17, 15) is 4.79 Å². The van der Waals surface area contributed by atoms with Crippen LogP contribution in [0.3, 0.4) is 0 Å². The lowest BCUT2D eigenvalue weighted by Crippen LogP contribution is -1.97. The van der Waals surface area contributed by atoms with Crippen molar-refractivity contribution in [2.24, 2.45) is 0 Å². The van der Waals surface area contributed by atoms with Gasteiger partial charge in [0.1, 0.15) is 5.78 Å². The van der Waals surface area contributed by atoms with Gasteiger partial charge in [-0.2, -0.15) is 0 Å². The molecular formula is C21H38O. The topological polar surface area (TPSA) is 17.1 Å². The fraction of sp³-hybridized carbons (Fsp3) is 0.762. The van der Waals surface area contributed by atoms with E-state index in [1.807, 2.05) is 12.2 Å². The normalized spacial score (nSPS) is 11.1. The Balaban J connectivity index is 3.19. The molecule has 22 heavy (non-hydrogen) atoms. The maximum atomic E-state index is 11.8. The summed E-state index contributed by atoms with van der Waals surface area (Å²) in [5.74, 6) is 0.484. The molecule has 0 saturated carbocycles. The second-order valence-corrected chi connectivity index (χ2v) is 6.38. The number of carbonyl (C=O) groups excluding carboxylic acids is 1. The van der Waals surface area contributed by atoms with Crippen molar-refractivity contribution < 1.29 is 4.79 Å². The molecule has 0 rings (SSSR count). The third-order valence-corrected chi connectivity index (χ3v) is 4.16. The first-order valence-electron chi connectivity index (χ1n) is 9.60. The van der Waals surface area contributed by atoms with Crippen LogP contribution in [0.15, 0.2) is 24.8 Å². The minimum atomic E-state index is 0.484. The fourth-order valence-electron chi connectivity index (χ4n) is 2.71. The Hall–Kier alpha value is -0.850. The van der Waals surface area contributed by atoms with Crippen molar-refractivity contribution in [2.75, 3.05) is 0 Å². The standard InChI is InChI=1S/C21H38O/c1-3-5-7-9-11-13-15-17-19-21(22)20-18-16-14-12-10-8-6-4-2/h3,5,7H,1,4,6,8-20H2,2H3. The van der Waals surface area contributed by atoms with Crippen LogP contribution in [0.1, 0.15) is 103 Å². The molecule has 0 aliphatic carbocycles. The molecule has 0 heterocycles. The lowest BCUT2D eigenvalue weighted by Gasteiger charge is -2.02. The van der Waals surface area contributed by atoms with E-state index in [1.54, 1.807) is 0 Å². The molecule has 0 aliphatic heterocycles. The average molecular weight is 307 g/mol. The highest BCUT2D eigenvalue weighted by Crippen LogP contribution is 2.12. The predicted octanol–water partition coefficient (Wildman–Crippen LogP) is 7.17. The first kappa shape index (κ1) is 21.1. The largest absolute Gasteiger partial charge is 0.300 e. The number of allylic oxidation sites excluding steroid dienone is 3. The number of hydrogen-bond donors (Lipinski definition) is 0. The van der Waals surface area contributed by atoms with E-state index in [0.29, 0.717) is 5.78 Å². The van der Waals surface area contributed by atoms with E-state index in [1.165, 1.54) is 64.2 Å². The summed E-state index contributed by atoms with van der Waals surface area (Å²) in [7, 11) is 0. The molecule has 0 radical (unpaired) electrons. The molecule has 0 aliphatic rings. The van der Waals surface area contributed by atoms with E-state index in [-0.39, 0.29) is 0 Å². The Morgan fingerprint density at radius 3 is 1.82 bits per heavy atom. The molecule has 0 amide bonds. The first-order valence-corrected chi connectivity index (χ1v) is 9.60. The Labute approximate surface area is 139 Å². The summed E-state index contributed by atoms with van der Waals surface area (Å²) in [5, 5.41) is 0. The van der Waals surface area contributed by atoms with Gasteiger partial charge in [-0.3, -0.25) is 4.79 Å². The highest BCUT2D eigenvalue weighted by atomic mass is 16.1. The minimum absolute atomic E-state index is 0.484. The summed E-state index contributed by atoms with van der Waals surface area (Å²) in [6, 6.07) is 0. The number of carbonyl (C=O) groups is 1. The molecule has 0 fully saturated rings. The number of hydrogen-bond acceptors (Lipinski definition) is 1.